The molecule has 12 heteroatoms. The Bertz CT molecular complexity index is 2020. The number of nitrogens with zero attached hydrogens (tertiary/aromatic N) is 5. The van der Waals surface area contributed by atoms with Gasteiger partial charge in [0.05, 0.1) is 36.4 Å². The zero-order chi connectivity index (χ0) is 33.3. The van der Waals surface area contributed by atoms with Gasteiger partial charge in [-0.1, -0.05) is 26.0 Å². The predicted octanol–water partition coefficient (Wildman–Crippen LogP) is 4.61. The second kappa shape index (κ2) is 11.7. The van der Waals surface area contributed by atoms with E-state index >= 15 is 0 Å². The van der Waals surface area contributed by atoms with Crippen molar-refractivity contribution in [3.63, 3.8) is 0 Å². The first-order valence-corrected chi connectivity index (χ1v) is 17.5. The average molecular weight is 669 g/mol. The molecule has 3 aliphatic heterocycles. The van der Waals surface area contributed by atoms with E-state index in [0.717, 1.165) is 85.1 Å². The Morgan fingerprint density at radius 3 is 2.73 bits per heavy atom. The van der Waals surface area contributed by atoms with Crippen molar-refractivity contribution in [2.45, 2.75) is 65.1 Å². The molecule has 1 saturated heterocycles. The van der Waals surface area contributed by atoms with E-state index in [-0.39, 0.29) is 29.7 Å². The maximum absolute atomic E-state index is 14.1. The van der Waals surface area contributed by atoms with Crippen molar-refractivity contribution in [2.75, 3.05) is 36.5 Å². The van der Waals surface area contributed by atoms with Gasteiger partial charge in [-0.15, -0.1) is 11.3 Å². The topological polar surface area (TPSA) is 122 Å². The van der Waals surface area contributed by atoms with E-state index in [1.54, 1.807) is 24.6 Å². The Labute approximate surface area is 282 Å². The lowest BCUT2D eigenvalue weighted by Crippen LogP contribution is -2.51. The number of hydrogen-bond donors (Lipinski definition) is 2. The zero-order valence-corrected chi connectivity index (χ0v) is 28.4. The summed E-state index contributed by atoms with van der Waals surface area (Å²) in [6.45, 7) is 9.09. The molecule has 1 aromatic carbocycles. The number of carboxylic acid groups (broad SMARTS) is 1. The molecule has 0 unspecified atom stereocenters. The number of hydrogen-bond acceptors (Lipinski definition) is 8. The van der Waals surface area contributed by atoms with Crippen LogP contribution in [0.1, 0.15) is 57.2 Å². The molecule has 1 aliphatic carbocycles. The largest absolute Gasteiger partial charge is 0.481 e. The number of amides is 1. The van der Waals surface area contributed by atoms with E-state index in [4.69, 9.17) is 9.84 Å². The van der Waals surface area contributed by atoms with Crippen molar-refractivity contribution in [1.82, 2.24) is 19.2 Å². The van der Waals surface area contributed by atoms with Crippen LogP contribution in [0.3, 0.4) is 0 Å². The maximum atomic E-state index is 14.1. The summed E-state index contributed by atoms with van der Waals surface area (Å²) < 4.78 is 8.91. The first-order valence-electron chi connectivity index (χ1n) is 16.7. The second-order valence-corrected chi connectivity index (χ2v) is 15.4. The third-order valence-corrected chi connectivity index (χ3v) is 11.5. The maximum Gasteiger partial charge on any atom is 0.303 e. The predicted molar refractivity (Wildman–Crippen MR) is 184 cm³/mol. The number of aromatic nitrogens is 3. The molecule has 48 heavy (non-hydrogen) atoms. The average Bonchev–Trinajstić information content (AvgIpc) is 3.66. The van der Waals surface area contributed by atoms with Crippen LogP contribution < -0.4 is 15.8 Å². The van der Waals surface area contributed by atoms with Crippen LogP contribution in [-0.2, 0) is 55.4 Å². The summed E-state index contributed by atoms with van der Waals surface area (Å²) in [5, 5.41) is 17.7. The molecular weight excluding hydrogens is 629 g/mol. The highest BCUT2D eigenvalue weighted by atomic mass is 32.1. The third-order valence-electron chi connectivity index (χ3n) is 10.3. The molecule has 3 aromatic heterocycles. The molecule has 4 aliphatic rings. The Hall–Kier alpha value is -4.26. The van der Waals surface area contributed by atoms with E-state index in [1.165, 1.54) is 20.6 Å². The Morgan fingerprint density at radius 1 is 1.12 bits per heavy atom. The monoisotopic (exact) mass is 668 g/mol. The van der Waals surface area contributed by atoms with Gasteiger partial charge in [0.25, 0.3) is 11.5 Å². The fourth-order valence-corrected chi connectivity index (χ4v) is 9.34. The Morgan fingerprint density at radius 2 is 1.96 bits per heavy atom. The molecule has 0 spiro atoms. The molecule has 250 valence electrons. The lowest BCUT2D eigenvalue weighted by molar-refractivity contribution is -0.136. The molecule has 4 aromatic rings. The number of aryl methyl sites for hydroxylation is 1. The molecule has 6 heterocycles. The van der Waals surface area contributed by atoms with Crippen LogP contribution in [0, 0.1) is 5.41 Å². The lowest BCUT2D eigenvalue weighted by Gasteiger charge is -2.39. The van der Waals surface area contributed by atoms with Crippen molar-refractivity contribution in [1.29, 1.82) is 0 Å². The van der Waals surface area contributed by atoms with Gasteiger partial charge in [-0.3, -0.25) is 24.0 Å². The van der Waals surface area contributed by atoms with E-state index in [1.807, 2.05) is 39.9 Å². The van der Waals surface area contributed by atoms with Gasteiger partial charge in [0.1, 0.15) is 5.69 Å². The smallest absolute Gasteiger partial charge is 0.303 e. The number of carbonyl (C=O) groups excluding carboxylic acids is 1. The number of carboxylic acids is 1. The molecule has 1 fully saturated rings. The number of pyridine rings is 1. The number of thiophene rings is 1. The summed E-state index contributed by atoms with van der Waals surface area (Å²) in [5.41, 5.74) is 7.10. The quantitative estimate of drug-likeness (QED) is 0.279. The van der Waals surface area contributed by atoms with Gasteiger partial charge in [0, 0.05) is 61.5 Å². The van der Waals surface area contributed by atoms with Gasteiger partial charge in [0.15, 0.2) is 5.82 Å². The first kappa shape index (κ1) is 31.0. The summed E-state index contributed by atoms with van der Waals surface area (Å²) in [7, 11) is 1.71. The Kier molecular flexibility index (Phi) is 7.57. The van der Waals surface area contributed by atoms with E-state index in [0.29, 0.717) is 24.1 Å². The summed E-state index contributed by atoms with van der Waals surface area (Å²) in [6.07, 6.45) is 4.70. The molecule has 11 nitrogen and oxygen atoms in total. The van der Waals surface area contributed by atoms with E-state index in [9.17, 15) is 19.5 Å². The van der Waals surface area contributed by atoms with Gasteiger partial charge >= 0.3 is 5.97 Å². The van der Waals surface area contributed by atoms with Crippen LogP contribution in [0.25, 0.3) is 11.1 Å². The molecular formula is C36H40N6O5S. The van der Waals surface area contributed by atoms with Gasteiger partial charge in [-0.25, -0.2) is 0 Å². The van der Waals surface area contributed by atoms with Gasteiger partial charge in [-0.2, -0.15) is 5.10 Å². The summed E-state index contributed by atoms with van der Waals surface area (Å²) >= 11 is 1.63. The number of anilines is 3. The minimum atomic E-state index is -0.907. The Balaban J connectivity index is 1.12. The van der Waals surface area contributed by atoms with Crippen molar-refractivity contribution in [3.8, 4) is 11.1 Å². The molecule has 2 N–H and O–H groups in total. The summed E-state index contributed by atoms with van der Waals surface area (Å²) in [5.74, 6) is -0.320. The summed E-state index contributed by atoms with van der Waals surface area (Å²) in [6, 6.07) is 10.0. The first-order chi connectivity index (χ1) is 23.0. The molecule has 8 rings (SSSR count). The molecule has 0 atom stereocenters. The zero-order valence-electron chi connectivity index (χ0n) is 27.5. The molecule has 0 bridgehead atoms. The third kappa shape index (κ3) is 5.45. The number of carbonyl (C=O) groups is 2. The van der Waals surface area contributed by atoms with Crippen LogP contribution in [0.5, 0.6) is 0 Å². The van der Waals surface area contributed by atoms with Crippen molar-refractivity contribution in [2.24, 2.45) is 12.5 Å². The van der Waals surface area contributed by atoms with Gasteiger partial charge < -0.3 is 24.6 Å². The number of fused-ring (bicyclic) bond motifs is 4. The number of nitrogens with one attached hydrogen (secondary N) is 1. The standard InChI is InChI=1S/C36H40N6O5S/c1-36(2)15-27-26-9-10-41(35(46)33(26)48-30(27)16-36)29-6-4-5-24(25(29)7-8-32(43)44)21-13-28(34(45)39(3)17-21)37-31-14-22-18-40(23-19-47-20-23)11-12-42(22)38-31/h4-6,13-14,17,23H,7-12,15-16,18-20H2,1-3H3,(H,37,38)(H,43,44). The molecule has 0 saturated carbocycles. The number of aliphatic carboxylic acids is 1. The van der Waals surface area contributed by atoms with Crippen molar-refractivity contribution in [3.05, 3.63) is 79.0 Å². The van der Waals surface area contributed by atoms with Crippen LogP contribution in [0.2, 0.25) is 0 Å². The minimum Gasteiger partial charge on any atom is -0.481 e. The minimum absolute atomic E-state index is 0.0165. The normalized spacial score (nSPS) is 18.7. The van der Waals surface area contributed by atoms with Crippen LogP contribution in [0.4, 0.5) is 17.2 Å². The SMILES string of the molecule is Cn1cc(-c2cccc(N3CCc4c(sc5c4CC(C)(C)C5)C3=O)c2CCC(=O)O)cc(Nc2cc3n(n2)CCN(C2COC2)C3)c1=O. The number of ether oxygens (including phenoxy) is 1. The van der Waals surface area contributed by atoms with Gasteiger partial charge in [-0.05, 0) is 65.5 Å². The number of rotatable bonds is 8. The lowest BCUT2D eigenvalue weighted by atomic mass is 9.89. The van der Waals surface area contributed by atoms with Crippen LogP contribution in [0.15, 0.2) is 41.3 Å². The van der Waals surface area contributed by atoms with Crippen LogP contribution >= 0.6 is 11.3 Å². The fourth-order valence-electron chi connectivity index (χ4n) is 7.76. The van der Waals surface area contributed by atoms with Gasteiger partial charge in [0.2, 0.25) is 0 Å². The highest BCUT2D eigenvalue weighted by molar-refractivity contribution is 7.14. The highest BCUT2D eigenvalue weighted by Gasteiger charge is 2.38. The fraction of sp³-hybridized carbons (Fsp3) is 0.444. The summed E-state index contributed by atoms with van der Waals surface area (Å²) in [4.78, 5) is 45.7. The number of benzene rings is 1. The highest BCUT2D eigenvalue weighted by Crippen LogP contribution is 2.46. The second-order valence-electron chi connectivity index (χ2n) is 14.3. The van der Waals surface area contributed by atoms with E-state index < -0.39 is 5.97 Å². The molecule has 0 radical (unpaired) electrons. The van der Waals surface area contributed by atoms with Crippen LogP contribution in [-0.4, -0.2) is 68.6 Å². The van der Waals surface area contributed by atoms with Crippen molar-refractivity contribution >= 4 is 40.4 Å². The van der Waals surface area contributed by atoms with E-state index in [2.05, 4.69) is 24.1 Å². The molecule has 1 amide bonds. The van der Waals surface area contributed by atoms with Crippen molar-refractivity contribution < 1.29 is 19.4 Å².